The Morgan fingerprint density at radius 2 is 1.93 bits per heavy atom. The van der Waals surface area contributed by atoms with Gasteiger partial charge in [0.2, 0.25) is 0 Å². The van der Waals surface area contributed by atoms with Crippen LogP contribution >= 0.6 is 15.9 Å². The second-order valence-electron chi connectivity index (χ2n) is 4.70. The predicted molar refractivity (Wildman–Crippen MR) is 65.8 cm³/mol. The molecular weight excluding hydrogens is 258 g/mol. The molecule has 3 nitrogen and oxygen atoms in total. The van der Waals surface area contributed by atoms with Crippen molar-refractivity contribution >= 4 is 21.9 Å². The normalized spacial score (nSPS) is 13.7. The molecule has 0 aliphatic rings. The SMILES string of the molecule is CC(C)(C)OC(=O)CCCCCC(N)Br. The lowest BCUT2D eigenvalue weighted by Crippen LogP contribution is -2.23. The van der Waals surface area contributed by atoms with E-state index < -0.39 is 0 Å². The van der Waals surface area contributed by atoms with E-state index in [2.05, 4.69) is 15.9 Å². The van der Waals surface area contributed by atoms with Crippen LogP contribution in [0.2, 0.25) is 0 Å². The first-order valence-corrected chi connectivity index (χ1v) is 6.34. The lowest BCUT2D eigenvalue weighted by Gasteiger charge is -2.19. The van der Waals surface area contributed by atoms with Gasteiger partial charge in [-0.2, -0.15) is 0 Å². The number of ether oxygens (including phenoxy) is 1. The third-order valence-corrected chi connectivity index (χ3v) is 2.24. The lowest BCUT2D eigenvalue weighted by molar-refractivity contribution is -0.154. The third kappa shape index (κ3) is 11.8. The standard InChI is InChI=1S/C11H22BrNO2/c1-11(2,3)15-10(14)8-6-4-5-7-9(12)13/h9H,4-8,13H2,1-3H3. The Labute approximate surface area is 101 Å². The molecule has 1 unspecified atom stereocenters. The average molecular weight is 280 g/mol. The molecule has 0 aromatic heterocycles. The number of rotatable bonds is 6. The van der Waals surface area contributed by atoms with Crippen molar-refractivity contribution in [3.63, 3.8) is 0 Å². The minimum absolute atomic E-state index is 0.0824. The maximum Gasteiger partial charge on any atom is 0.306 e. The third-order valence-electron chi connectivity index (χ3n) is 1.78. The lowest BCUT2D eigenvalue weighted by atomic mass is 10.1. The van der Waals surface area contributed by atoms with Gasteiger partial charge in [0.25, 0.3) is 0 Å². The molecule has 0 amide bonds. The zero-order valence-electron chi connectivity index (χ0n) is 9.88. The predicted octanol–water partition coefficient (Wildman–Crippen LogP) is 2.96. The van der Waals surface area contributed by atoms with Gasteiger partial charge in [-0.1, -0.05) is 28.8 Å². The molecule has 0 aliphatic carbocycles. The van der Waals surface area contributed by atoms with Crippen LogP contribution in [0.3, 0.4) is 0 Å². The number of alkyl halides is 1. The van der Waals surface area contributed by atoms with Gasteiger partial charge in [0.15, 0.2) is 0 Å². The highest BCUT2D eigenvalue weighted by Crippen LogP contribution is 2.12. The fourth-order valence-electron chi connectivity index (χ4n) is 1.18. The summed E-state index contributed by atoms with van der Waals surface area (Å²) in [4.78, 5) is 11.4. The number of nitrogens with two attached hydrogens (primary N) is 1. The van der Waals surface area contributed by atoms with Crippen LogP contribution < -0.4 is 5.73 Å². The molecule has 0 aromatic carbocycles. The summed E-state index contributed by atoms with van der Waals surface area (Å²) in [6, 6.07) is 0. The molecule has 0 saturated carbocycles. The highest BCUT2D eigenvalue weighted by Gasteiger charge is 2.15. The number of carbonyl (C=O) groups is 1. The van der Waals surface area contributed by atoms with E-state index in [1.807, 2.05) is 20.8 Å². The first-order valence-electron chi connectivity index (χ1n) is 5.43. The van der Waals surface area contributed by atoms with Crippen LogP contribution in [0, 0.1) is 0 Å². The van der Waals surface area contributed by atoms with Crippen LogP contribution in [-0.4, -0.2) is 16.5 Å². The Morgan fingerprint density at radius 3 is 2.40 bits per heavy atom. The summed E-state index contributed by atoms with van der Waals surface area (Å²) >= 11 is 3.28. The van der Waals surface area contributed by atoms with Gasteiger partial charge in [0, 0.05) is 6.42 Å². The fourth-order valence-corrected chi connectivity index (χ4v) is 1.50. The monoisotopic (exact) mass is 279 g/mol. The van der Waals surface area contributed by atoms with E-state index in [1.54, 1.807) is 0 Å². The molecule has 0 aliphatic heterocycles. The van der Waals surface area contributed by atoms with Crippen molar-refractivity contribution in [1.29, 1.82) is 0 Å². The van der Waals surface area contributed by atoms with Gasteiger partial charge in [-0.3, -0.25) is 4.79 Å². The quantitative estimate of drug-likeness (QED) is 0.352. The molecule has 0 radical (unpaired) electrons. The summed E-state index contributed by atoms with van der Waals surface area (Å²) in [7, 11) is 0. The minimum Gasteiger partial charge on any atom is -0.460 e. The molecule has 0 rings (SSSR count). The zero-order valence-corrected chi connectivity index (χ0v) is 11.5. The number of hydrogen-bond donors (Lipinski definition) is 1. The summed E-state index contributed by atoms with van der Waals surface area (Å²) in [5.74, 6) is -0.106. The van der Waals surface area contributed by atoms with Crippen molar-refractivity contribution < 1.29 is 9.53 Å². The number of halogens is 1. The summed E-state index contributed by atoms with van der Waals surface area (Å²) in [6.45, 7) is 5.65. The first-order chi connectivity index (χ1) is 6.81. The van der Waals surface area contributed by atoms with Crippen LogP contribution in [-0.2, 0) is 9.53 Å². The van der Waals surface area contributed by atoms with Crippen molar-refractivity contribution in [2.75, 3.05) is 0 Å². The molecule has 0 heterocycles. The Bertz CT molecular complexity index is 188. The summed E-state index contributed by atoms with van der Waals surface area (Å²) in [5, 5.41) is 0. The van der Waals surface area contributed by atoms with Gasteiger partial charge in [0.1, 0.15) is 5.60 Å². The Kier molecular flexibility index (Phi) is 7.18. The van der Waals surface area contributed by atoms with Crippen molar-refractivity contribution in [3.05, 3.63) is 0 Å². The maximum absolute atomic E-state index is 11.3. The molecule has 1 atom stereocenters. The van der Waals surface area contributed by atoms with E-state index in [-0.39, 0.29) is 16.5 Å². The van der Waals surface area contributed by atoms with E-state index in [4.69, 9.17) is 10.5 Å². The molecule has 0 spiro atoms. The van der Waals surface area contributed by atoms with Gasteiger partial charge in [-0.25, -0.2) is 0 Å². The largest absolute Gasteiger partial charge is 0.460 e. The molecule has 15 heavy (non-hydrogen) atoms. The van der Waals surface area contributed by atoms with Gasteiger partial charge >= 0.3 is 5.97 Å². The van der Waals surface area contributed by atoms with Crippen LogP contribution in [0.15, 0.2) is 0 Å². The van der Waals surface area contributed by atoms with Gasteiger partial charge in [0.05, 0.1) is 4.95 Å². The minimum atomic E-state index is -0.366. The smallest absolute Gasteiger partial charge is 0.306 e. The summed E-state index contributed by atoms with van der Waals surface area (Å²) < 4.78 is 5.19. The first kappa shape index (κ1) is 14.9. The van der Waals surface area contributed by atoms with Gasteiger partial charge < -0.3 is 10.5 Å². The molecule has 0 saturated heterocycles. The van der Waals surface area contributed by atoms with Gasteiger partial charge in [-0.05, 0) is 33.6 Å². The summed E-state index contributed by atoms with van der Waals surface area (Å²) in [5.41, 5.74) is 5.18. The second-order valence-corrected chi connectivity index (χ2v) is 5.88. The highest BCUT2D eigenvalue weighted by atomic mass is 79.9. The van der Waals surface area contributed by atoms with Crippen molar-refractivity contribution in [2.24, 2.45) is 5.73 Å². The highest BCUT2D eigenvalue weighted by molar-refractivity contribution is 9.09. The molecular formula is C11H22BrNO2. The van der Waals surface area contributed by atoms with E-state index >= 15 is 0 Å². The Hall–Kier alpha value is -0.0900. The topological polar surface area (TPSA) is 52.3 Å². The van der Waals surface area contributed by atoms with Crippen LogP contribution in [0.1, 0.15) is 52.9 Å². The van der Waals surface area contributed by atoms with Crippen molar-refractivity contribution in [2.45, 2.75) is 63.4 Å². The van der Waals surface area contributed by atoms with Crippen molar-refractivity contribution in [1.82, 2.24) is 0 Å². The fraction of sp³-hybridized carbons (Fsp3) is 0.909. The number of unbranched alkanes of at least 4 members (excludes halogenated alkanes) is 2. The zero-order chi connectivity index (χ0) is 11.9. The van der Waals surface area contributed by atoms with Crippen molar-refractivity contribution in [3.8, 4) is 0 Å². The number of esters is 1. The van der Waals surface area contributed by atoms with Crippen LogP contribution in [0.25, 0.3) is 0 Å². The molecule has 2 N–H and O–H groups in total. The van der Waals surface area contributed by atoms with E-state index in [1.165, 1.54) is 0 Å². The second kappa shape index (κ2) is 7.23. The number of hydrogen-bond acceptors (Lipinski definition) is 3. The molecule has 0 aromatic rings. The van der Waals surface area contributed by atoms with E-state index in [0.29, 0.717) is 6.42 Å². The molecule has 0 fully saturated rings. The molecule has 90 valence electrons. The Balaban J connectivity index is 3.40. The maximum atomic E-state index is 11.3. The molecule has 4 heteroatoms. The van der Waals surface area contributed by atoms with Crippen LogP contribution in [0.5, 0.6) is 0 Å². The number of carbonyl (C=O) groups excluding carboxylic acids is 1. The van der Waals surface area contributed by atoms with E-state index in [9.17, 15) is 4.79 Å². The summed E-state index contributed by atoms with van der Waals surface area (Å²) in [6.07, 6.45) is 4.42. The molecule has 0 bridgehead atoms. The Morgan fingerprint density at radius 1 is 1.33 bits per heavy atom. The van der Waals surface area contributed by atoms with Crippen LogP contribution in [0.4, 0.5) is 0 Å². The average Bonchev–Trinajstić information content (AvgIpc) is 1.99. The van der Waals surface area contributed by atoms with Gasteiger partial charge in [-0.15, -0.1) is 0 Å². The van der Waals surface area contributed by atoms with E-state index in [0.717, 1.165) is 25.7 Å².